The van der Waals surface area contributed by atoms with Crippen molar-refractivity contribution in [3.05, 3.63) is 47.7 Å². The normalized spacial score (nSPS) is 10.2. The standard InChI is InChI=1S/C11H11N3O3/c1-2-17-11(15)10-12-13(8-14(10)16)9-6-4-3-5-7-9/h3-8H,2H2,1H3. The Hall–Kier alpha value is -2.37. The summed E-state index contributed by atoms with van der Waals surface area (Å²) in [6, 6.07) is 9.04. The van der Waals surface area contributed by atoms with E-state index in [2.05, 4.69) is 5.10 Å². The van der Waals surface area contributed by atoms with E-state index in [-0.39, 0.29) is 12.4 Å². The van der Waals surface area contributed by atoms with Crippen molar-refractivity contribution in [1.82, 2.24) is 9.78 Å². The number of hydrogen-bond donors (Lipinski definition) is 0. The first kappa shape index (κ1) is 11.1. The summed E-state index contributed by atoms with van der Waals surface area (Å²) in [7, 11) is 0. The number of ether oxygens (including phenoxy) is 1. The highest BCUT2D eigenvalue weighted by Crippen LogP contribution is 2.04. The summed E-state index contributed by atoms with van der Waals surface area (Å²) in [5, 5.41) is 15.4. The van der Waals surface area contributed by atoms with Gasteiger partial charge in [0.05, 0.1) is 11.7 Å². The third-order valence-electron chi connectivity index (χ3n) is 2.10. The molecule has 0 spiro atoms. The van der Waals surface area contributed by atoms with Gasteiger partial charge in [0.1, 0.15) is 5.69 Å². The Morgan fingerprint density at radius 3 is 2.82 bits per heavy atom. The first-order valence-electron chi connectivity index (χ1n) is 5.13. The van der Waals surface area contributed by atoms with Crippen LogP contribution in [0.5, 0.6) is 0 Å². The second-order valence-corrected chi connectivity index (χ2v) is 3.27. The SMILES string of the molecule is CCOC(=O)c1nn(-c2ccccc2)c[n+]1[O-]. The van der Waals surface area contributed by atoms with Crippen molar-refractivity contribution in [2.45, 2.75) is 6.92 Å². The molecule has 88 valence electrons. The molecule has 0 aliphatic carbocycles. The first-order valence-corrected chi connectivity index (χ1v) is 5.13. The summed E-state index contributed by atoms with van der Waals surface area (Å²) in [5.41, 5.74) is 0.702. The molecule has 17 heavy (non-hydrogen) atoms. The number of esters is 1. The van der Waals surface area contributed by atoms with Crippen LogP contribution in [-0.2, 0) is 4.74 Å². The van der Waals surface area contributed by atoms with Gasteiger partial charge in [-0.2, -0.15) is 0 Å². The van der Waals surface area contributed by atoms with Crippen molar-refractivity contribution >= 4 is 5.97 Å². The van der Waals surface area contributed by atoms with Gasteiger partial charge in [-0.1, -0.05) is 22.9 Å². The Morgan fingerprint density at radius 1 is 1.47 bits per heavy atom. The maximum Gasteiger partial charge on any atom is 0.412 e. The molecule has 0 atom stereocenters. The van der Waals surface area contributed by atoms with Gasteiger partial charge in [-0.15, -0.1) is 0 Å². The Bertz CT molecular complexity index is 522. The summed E-state index contributed by atoms with van der Waals surface area (Å²) in [5.74, 6) is -0.993. The van der Waals surface area contributed by atoms with E-state index in [1.165, 1.54) is 11.0 Å². The van der Waals surface area contributed by atoms with Crippen molar-refractivity contribution in [1.29, 1.82) is 0 Å². The third kappa shape index (κ3) is 2.25. The van der Waals surface area contributed by atoms with E-state index in [0.29, 0.717) is 10.4 Å². The molecular weight excluding hydrogens is 222 g/mol. The van der Waals surface area contributed by atoms with Gasteiger partial charge in [0.2, 0.25) is 6.33 Å². The maximum absolute atomic E-state index is 11.5. The largest absolute Gasteiger partial charge is 0.740 e. The summed E-state index contributed by atoms with van der Waals surface area (Å²) >= 11 is 0. The Kier molecular flexibility index (Phi) is 3.04. The molecule has 0 aliphatic rings. The van der Waals surface area contributed by atoms with Crippen molar-refractivity contribution in [3.8, 4) is 5.69 Å². The molecule has 6 heteroatoms. The molecule has 0 radical (unpaired) electrons. The van der Waals surface area contributed by atoms with Crippen molar-refractivity contribution < 1.29 is 14.3 Å². The lowest BCUT2D eigenvalue weighted by Gasteiger charge is -1.99. The molecule has 1 heterocycles. The van der Waals surface area contributed by atoms with E-state index in [1.54, 1.807) is 19.1 Å². The Morgan fingerprint density at radius 2 is 2.18 bits per heavy atom. The summed E-state index contributed by atoms with van der Waals surface area (Å²) in [6.07, 6.45) is 1.18. The minimum absolute atomic E-state index is 0.205. The van der Waals surface area contributed by atoms with Crippen molar-refractivity contribution in [2.24, 2.45) is 0 Å². The van der Waals surface area contributed by atoms with Crippen LogP contribution in [-0.4, -0.2) is 22.4 Å². The Labute approximate surface area is 97.6 Å². The van der Waals surface area contributed by atoms with Crippen molar-refractivity contribution in [2.75, 3.05) is 6.61 Å². The fourth-order valence-corrected chi connectivity index (χ4v) is 1.36. The summed E-state index contributed by atoms with van der Waals surface area (Å²) < 4.78 is 6.45. The quantitative estimate of drug-likeness (QED) is 0.444. The van der Waals surface area contributed by atoms with Crippen LogP contribution in [0.2, 0.25) is 0 Å². The van der Waals surface area contributed by atoms with E-state index in [1.807, 2.05) is 18.2 Å². The van der Waals surface area contributed by atoms with Gasteiger partial charge in [0, 0.05) is 0 Å². The molecule has 0 aliphatic heterocycles. The number of carbonyl (C=O) groups is 1. The predicted octanol–water partition coefficient (Wildman–Crippen LogP) is 0.682. The molecule has 6 nitrogen and oxygen atoms in total. The zero-order chi connectivity index (χ0) is 12.3. The van der Waals surface area contributed by atoms with Crippen LogP contribution in [0.25, 0.3) is 5.69 Å². The van der Waals surface area contributed by atoms with Crippen LogP contribution in [0.1, 0.15) is 17.5 Å². The summed E-state index contributed by atoms with van der Waals surface area (Å²) in [6.45, 7) is 1.87. The zero-order valence-electron chi connectivity index (χ0n) is 9.24. The van der Waals surface area contributed by atoms with Gasteiger partial charge < -0.3 is 9.94 Å². The fraction of sp³-hybridized carbons (Fsp3) is 0.182. The van der Waals surface area contributed by atoms with Crippen LogP contribution in [0.3, 0.4) is 0 Å². The van der Waals surface area contributed by atoms with Crippen LogP contribution in [0, 0.1) is 5.21 Å². The average Bonchev–Trinajstić information content (AvgIpc) is 2.73. The maximum atomic E-state index is 11.5. The van der Waals surface area contributed by atoms with Gasteiger partial charge in [0.25, 0.3) is 0 Å². The monoisotopic (exact) mass is 233 g/mol. The number of aromatic nitrogens is 3. The molecular formula is C11H11N3O3. The molecule has 0 N–H and O–H groups in total. The molecule has 0 fully saturated rings. The van der Waals surface area contributed by atoms with E-state index >= 15 is 0 Å². The molecule has 0 saturated heterocycles. The molecule has 0 bridgehead atoms. The van der Waals surface area contributed by atoms with Gasteiger partial charge in [0.15, 0.2) is 0 Å². The van der Waals surface area contributed by atoms with E-state index < -0.39 is 5.97 Å². The molecule has 0 amide bonds. The third-order valence-corrected chi connectivity index (χ3v) is 2.10. The minimum atomic E-state index is -0.725. The van der Waals surface area contributed by atoms with Gasteiger partial charge in [-0.05, 0) is 19.1 Å². The predicted molar refractivity (Wildman–Crippen MR) is 58.5 cm³/mol. The zero-order valence-corrected chi connectivity index (χ0v) is 9.24. The molecule has 2 aromatic rings. The average molecular weight is 233 g/mol. The van der Waals surface area contributed by atoms with Gasteiger partial charge in [-0.3, -0.25) is 0 Å². The van der Waals surface area contributed by atoms with Gasteiger partial charge >= 0.3 is 11.8 Å². The Balaban J connectivity index is 2.34. The number of para-hydroxylation sites is 1. The first-order chi connectivity index (χ1) is 8.22. The van der Waals surface area contributed by atoms with E-state index in [4.69, 9.17) is 4.74 Å². The smallest absolute Gasteiger partial charge is 0.412 e. The fourth-order valence-electron chi connectivity index (χ4n) is 1.36. The number of carbonyl (C=O) groups excluding carboxylic acids is 1. The second-order valence-electron chi connectivity index (χ2n) is 3.27. The molecule has 0 saturated carbocycles. The topological polar surface area (TPSA) is 71.1 Å². The lowest BCUT2D eigenvalue weighted by atomic mass is 10.3. The van der Waals surface area contributed by atoms with Crippen LogP contribution in [0.15, 0.2) is 36.7 Å². The molecule has 1 aromatic heterocycles. The minimum Gasteiger partial charge on any atom is -0.740 e. The highest BCUT2D eigenvalue weighted by molar-refractivity contribution is 5.83. The van der Waals surface area contributed by atoms with Crippen LogP contribution < -0.4 is 4.73 Å². The molecule has 0 unspecified atom stereocenters. The van der Waals surface area contributed by atoms with E-state index in [0.717, 1.165) is 0 Å². The summed E-state index contributed by atoms with van der Waals surface area (Å²) in [4.78, 5) is 11.4. The highest BCUT2D eigenvalue weighted by Gasteiger charge is 2.22. The lowest BCUT2D eigenvalue weighted by Crippen LogP contribution is -2.32. The number of hydrogen-bond acceptors (Lipinski definition) is 4. The number of rotatable bonds is 3. The molecule has 2 rings (SSSR count). The second kappa shape index (κ2) is 4.65. The number of nitrogens with zero attached hydrogens (tertiary/aromatic N) is 3. The van der Waals surface area contributed by atoms with Crippen LogP contribution >= 0.6 is 0 Å². The van der Waals surface area contributed by atoms with Crippen molar-refractivity contribution in [3.63, 3.8) is 0 Å². The van der Waals surface area contributed by atoms with Crippen LogP contribution in [0.4, 0.5) is 0 Å². The van der Waals surface area contributed by atoms with Gasteiger partial charge in [-0.25, -0.2) is 9.52 Å². The lowest BCUT2D eigenvalue weighted by molar-refractivity contribution is -0.609. The highest BCUT2D eigenvalue weighted by atomic mass is 16.5. The molecule has 1 aromatic carbocycles. The van der Waals surface area contributed by atoms with E-state index in [9.17, 15) is 10.0 Å². The number of benzene rings is 1.